The number of ketones is 1. The smallest absolute Gasteiger partial charge is 0.305 e. The second-order valence-electron chi connectivity index (χ2n) is 3.80. The third-order valence-corrected chi connectivity index (χ3v) is 2.44. The Morgan fingerprint density at radius 1 is 1.06 bits per heavy atom. The van der Waals surface area contributed by atoms with E-state index in [1.165, 1.54) is 0 Å². The maximum Gasteiger partial charge on any atom is 0.305 e. The van der Waals surface area contributed by atoms with E-state index in [1.807, 2.05) is 30.3 Å². The number of esters is 1. The minimum atomic E-state index is -0.181. The maximum absolute atomic E-state index is 11.7. The molecule has 0 saturated heterocycles. The summed E-state index contributed by atoms with van der Waals surface area (Å²) in [6, 6.07) is 9.22. The van der Waals surface area contributed by atoms with Crippen LogP contribution in [0.4, 0.5) is 0 Å². The lowest BCUT2D eigenvalue weighted by atomic mass is 10.0. The van der Waals surface area contributed by atoms with Gasteiger partial charge in [0.2, 0.25) is 0 Å². The van der Waals surface area contributed by atoms with Gasteiger partial charge in [-0.2, -0.15) is 0 Å². The highest BCUT2D eigenvalue weighted by Gasteiger charge is 2.06. The minimum Gasteiger partial charge on any atom is -0.466 e. The van der Waals surface area contributed by atoms with Crippen molar-refractivity contribution in [1.82, 2.24) is 0 Å². The molecule has 0 fully saturated rings. The first-order valence-electron chi connectivity index (χ1n) is 5.98. The van der Waals surface area contributed by atoms with E-state index in [-0.39, 0.29) is 11.8 Å². The number of carbonyl (C=O) groups excluding carboxylic acids is 2. The molecule has 1 rings (SSSR count). The number of hydrogen-bond donors (Lipinski definition) is 0. The Bertz CT molecular complexity index is 357. The quantitative estimate of drug-likeness (QED) is 0.414. The molecular weight excluding hydrogens is 216 g/mol. The molecule has 0 amide bonds. The molecule has 1 aromatic rings. The minimum absolute atomic E-state index is 0.134. The van der Waals surface area contributed by atoms with Gasteiger partial charge in [0.25, 0.3) is 0 Å². The summed E-state index contributed by atoms with van der Waals surface area (Å²) in [5, 5.41) is 0. The summed E-state index contributed by atoms with van der Waals surface area (Å²) in [5.41, 5.74) is 0.739. The molecule has 0 aromatic heterocycles. The number of hydrogen-bond acceptors (Lipinski definition) is 3. The SMILES string of the molecule is CCOC(=O)CCCCC(=O)c1ccccc1. The second kappa shape index (κ2) is 7.60. The summed E-state index contributed by atoms with van der Waals surface area (Å²) in [4.78, 5) is 22.7. The molecule has 0 aliphatic carbocycles. The lowest BCUT2D eigenvalue weighted by Gasteiger charge is -2.02. The molecule has 3 heteroatoms. The average molecular weight is 234 g/mol. The maximum atomic E-state index is 11.7. The zero-order valence-corrected chi connectivity index (χ0v) is 10.1. The number of carbonyl (C=O) groups is 2. The van der Waals surface area contributed by atoms with E-state index in [1.54, 1.807) is 6.92 Å². The van der Waals surface area contributed by atoms with E-state index in [4.69, 9.17) is 4.74 Å². The van der Waals surface area contributed by atoms with Gasteiger partial charge < -0.3 is 4.74 Å². The fraction of sp³-hybridized carbons (Fsp3) is 0.429. The molecular formula is C14H18O3. The summed E-state index contributed by atoms with van der Waals surface area (Å²) in [6.45, 7) is 2.21. The highest BCUT2D eigenvalue weighted by atomic mass is 16.5. The van der Waals surface area contributed by atoms with Crippen LogP contribution in [0.25, 0.3) is 0 Å². The van der Waals surface area contributed by atoms with Crippen molar-refractivity contribution in [1.29, 1.82) is 0 Å². The van der Waals surface area contributed by atoms with Gasteiger partial charge in [0.1, 0.15) is 0 Å². The molecule has 0 aliphatic rings. The Labute approximate surface area is 102 Å². The zero-order chi connectivity index (χ0) is 12.5. The van der Waals surface area contributed by atoms with Gasteiger partial charge >= 0.3 is 5.97 Å². The molecule has 3 nitrogen and oxygen atoms in total. The van der Waals surface area contributed by atoms with Crippen LogP contribution in [-0.4, -0.2) is 18.4 Å². The van der Waals surface area contributed by atoms with Gasteiger partial charge in [0.05, 0.1) is 6.61 Å². The molecule has 0 saturated carbocycles. The Morgan fingerprint density at radius 3 is 2.35 bits per heavy atom. The van der Waals surface area contributed by atoms with Crippen molar-refractivity contribution in [3.05, 3.63) is 35.9 Å². The monoisotopic (exact) mass is 234 g/mol. The molecule has 1 aromatic carbocycles. The molecule has 92 valence electrons. The van der Waals surface area contributed by atoms with E-state index < -0.39 is 0 Å². The molecule has 0 bridgehead atoms. The van der Waals surface area contributed by atoms with Gasteiger partial charge in [-0.05, 0) is 19.8 Å². The number of unbranched alkanes of at least 4 members (excludes halogenated alkanes) is 1. The number of rotatable bonds is 7. The lowest BCUT2D eigenvalue weighted by molar-refractivity contribution is -0.143. The van der Waals surface area contributed by atoms with Crippen LogP contribution in [-0.2, 0) is 9.53 Å². The Kier molecular flexibility index (Phi) is 6.00. The number of Topliss-reactive ketones (excluding diaryl/α,β-unsaturated/α-hetero) is 1. The van der Waals surface area contributed by atoms with Crippen LogP contribution in [0.3, 0.4) is 0 Å². The van der Waals surface area contributed by atoms with Crippen molar-refractivity contribution in [3.63, 3.8) is 0 Å². The topological polar surface area (TPSA) is 43.4 Å². The number of benzene rings is 1. The summed E-state index contributed by atoms with van der Waals surface area (Å²) < 4.78 is 4.81. The molecule has 0 N–H and O–H groups in total. The summed E-state index contributed by atoms with van der Waals surface area (Å²) in [5.74, 6) is -0.0471. The van der Waals surface area contributed by atoms with Crippen LogP contribution in [0.15, 0.2) is 30.3 Å². The molecule has 0 aliphatic heterocycles. The Morgan fingerprint density at radius 2 is 1.71 bits per heavy atom. The van der Waals surface area contributed by atoms with Crippen LogP contribution in [0.5, 0.6) is 0 Å². The first kappa shape index (κ1) is 13.4. The predicted octanol–water partition coefficient (Wildman–Crippen LogP) is 2.99. The first-order valence-corrected chi connectivity index (χ1v) is 5.98. The van der Waals surface area contributed by atoms with Crippen LogP contribution in [0, 0.1) is 0 Å². The number of ether oxygens (including phenoxy) is 1. The first-order chi connectivity index (χ1) is 8.24. The molecule has 0 radical (unpaired) electrons. The molecule has 0 heterocycles. The van der Waals surface area contributed by atoms with Gasteiger partial charge in [-0.15, -0.1) is 0 Å². The van der Waals surface area contributed by atoms with Gasteiger partial charge in [0, 0.05) is 18.4 Å². The summed E-state index contributed by atoms with van der Waals surface area (Å²) in [7, 11) is 0. The predicted molar refractivity (Wildman–Crippen MR) is 65.9 cm³/mol. The van der Waals surface area contributed by atoms with Gasteiger partial charge in [-0.3, -0.25) is 9.59 Å². The van der Waals surface area contributed by atoms with Crippen molar-refractivity contribution < 1.29 is 14.3 Å². The summed E-state index contributed by atoms with van der Waals surface area (Å²) in [6.07, 6.45) is 2.32. The van der Waals surface area contributed by atoms with Crippen molar-refractivity contribution in [2.24, 2.45) is 0 Å². The normalized spacial score (nSPS) is 9.94. The fourth-order valence-electron chi connectivity index (χ4n) is 1.56. The molecule has 0 spiro atoms. The van der Waals surface area contributed by atoms with Crippen molar-refractivity contribution >= 4 is 11.8 Å². The van der Waals surface area contributed by atoms with E-state index >= 15 is 0 Å². The van der Waals surface area contributed by atoms with Gasteiger partial charge in [-0.25, -0.2) is 0 Å². The molecule has 17 heavy (non-hydrogen) atoms. The van der Waals surface area contributed by atoms with Crippen LogP contribution in [0.2, 0.25) is 0 Å². The second-order valence-corrected chi connectivity index (χ2v) is 3.80. The van der Waals surface area contributed by atoms with Crippen molar-refractivity contribution in [2.45, 2.75) is 32.6 Å². The molecule has 0 atom stereocenters. The van der Waals surface area contributed by atoms with Crippen LogP contribution >= 0.6 is 0 Å². The highest BCUT2D eigenvalue weighted by Crippen LogP contribution is 2.08. The van der Waals surface area contributed by atoms with E-state index in [2.05, 4.69) is 0 Å². The van der Waals surface area contributed by atoms with Gasteiger partial charge in [0.15, 0.2) is 5.78 Å². The Balaban J connectivity index is 2.19. The van der Waals surface area contributed by atoms with Crippen molar-refractivity contribution in [3.8, 4) is 0 Å². The lowest BCUT2D eigenvalue weighted by Crippen LogP contribution is -2.04. The van der Waals surface area contributed by atoms with E-state index in [0.29, 0.717) is 25.9 Å². The average Bonchev–Trinajstić information content (AvgIpc) is 2.36. The standard InChI is InChI=1S/C14H18O3/c1-2-17-14(16)11-7-6-10-13(15)12-8-4-3-5-9-12/h3-5,8-9H,2,6-7,10-11H2,1H3. The fourth-order valence-corrected chi connectivity index (χ4v) is 1.56. The van der Waals surface area contributed by atoms with E-state index in [0.717, 1.165) is 12.0 Å². The largest absolute Gasteiger partial charge is 0.466 e. The van der Waals surface area contributed by atoms with E-state index in [9.17, 15) is 9.59 Å². The highest BCUT2D eigenvalue weighted by molar-refractivity contribution is 5.95. The third kappa shape index (κ3) is 5.29. The third-order valence-electron chi connectivity index (χ3n) is 2.44. The zero-order valence-electron chi connectivity index (χ0n) is 10.1. The van der Waals surface area contributed by atoms with Gasteiger partial charge in [-0.1, -0.05) is 30.3 Å². The van der Waals surface area contributed by atoms with Crippen molar-refractivity contribution in [2.75, 3.05) is 6.61 Å². The summed E-state index contributed by atoms with van der Waals surface area (Å²) >= 11 is 0. The van der Waals surface area contributed by atoms with Crippen LogP contribution < -0.4 is 0 Å². The molecule has 0 unspecified atom stereocenters. The van der Waals surface area contributed by atoms with Crippen LogP contribution in [0.1, 0.15) is 43.0 Å². The Hall–Kier alpha value is -1.64.